The summed E-state index contributed by atoms with van der Waals surface area (Å²) in [7, 11) is 9.78. The average Bonchev–Trinajstić information content (AvgIpc) is 1.60. The summed E-state index contributed by atoms with van der Waals surface area (Å²) in [5.74, 6) is -0.160. The zero-order valence-electron chi connectivity index (χ0n) is 77.9. The van der Waals surface area contributed by atoms with Gasteiger partial charge in [-0.1, -0.05) is 121 Å². The van der Waals surface area contributed by atoms with Gasteiger partial charge in [0.05, 0.1) is 94.3 Å². The summed E-state index contributed by atoms with van der Waals surface area (Å²) in [5.41, 5.74) is 42.9. The van der Waals surface area contributed by atoms with Crippen molar-refractivity contribution in [3.63, 3.8) is 0 Å². The number of nitrogens with zero attached hydrogens (tertiary/aromatic N) is 10. The molecule has 0 radical (unpaired) electrons. The molecule has 14 N–H and O–H groups in total. The number of benzene rings is 11. The molecule has 4 aromatic heterocycles. The number of ether oxygens (including phenoxy) is 3. The van der Waals surface area contributed by atoms with E-state index < -0.39 is 19.1 Å². The number of hydrogen-bond acceptors (Lipinski definition) is 22. The minimum Gasteiger partial charge on any atom is -0.870 e. The summed E-state index contributed by atoms with van der Waals surface area (Å²) in [6.07, 6.45) is 0.0348. The Kier molecular flexibility index (Phi) is 41.3. The first kappa shape index (κ1) is 110. The molecule has 11 aromatic carbocycles. The number of rotatable bonds is 23. The maximum Gasteiger partial charge on any atom is 1.00 e. The summed E-state index contributed by atoms with van der Waals surface area (Å²) in [5, 5.41) is 38.4. The van der Waals surface area contributed by atoms with Gasteiger partial charge in [0, 0.05) is 121 Å². The van der Waals surface area contributed by atoms with Crippen LogP contribution in [0.25, 0.3) is 66.4 Å². The normalized spacial score (nSPS) is 10.5. The fraction of sp³-hybridized carbons (Fsp3) is 0.220. The molecular formula is C100H108BBr2ClN15NaO16. The van der Waals surface area contributed by atoms with Crippen molar-refractivity contribution in [2.75, 3.05) is 54.8 Å². The van der Waals surface area contributed by atoms with Gasteiger partial charge < -0.3 is 96.3 Å². The molecule has 0 aliphatic heterocycles. The molecule has 704 valence electrons. The van der Waals surface area contributed by atoms with E-state index in [1.54, 1.807) is 142 Å². The zero-order valence-corrected chi connectivity index (χ0v) is 83.9. The van der Waals surface area contributed by atoms with Crippen LogP contribution in [0.2, 0.25) is 0 Å². The molecule has 0 spiro atoms. The van der Waals surface area contributed by atoms with Gasteiger partial charge in [-0.15, -0.1) is 12.4 Å². The van der Waals surface area contributed by atoms with Crippen LogP contribution in [-0.2, 0) is 95.7 Å². The van der Waals surface area contributed by atoms with E-state index in [4.69, 9.17) is 62.4 Å². The predicted octanol–water partition coefficient (Wildman–Crippen LogP) is 12.2. The van der Waals surface area contributed by atoms with E-state index in [0.717, 1.165) is 115 Å². The quantitative estimate of drug-likeness (QED) is 0.0124. The van der Waals surface area contributed by atoms with E-state index in [1.807, 2.05) is 195 Å². The Hall–Kier alpha value is -13.1. The van der Waals surface area contributed by atoms with Crippen LogP contribution in [-0.4, -0.2) is 153 Å². The average molecular weight is 2010 g/mol. The second kappa shape index (κ2) is 51.0. The first-order chi connectivity index (χ1) is 63.5. The van der Waals surface area contributed by atoms with Gasteiger partial charge in [0.25, 0.3) is 17.7 Å². The van der Waals surface area contributed by atoms with Crippen molar-refractivity contribution in [1.82, 2.24) is 38.2 Å². The van der Waals surface area contributed by atoms with Crippen molar-refractivity contribution in [2.45, 2.75) is 87.4 Å². The summed E-state index contributed by atoms with van der Waals surface area (Å²) >= 11 is 6.91. The zero-order chi connectivity index (χ0) is 96.8. The van der Waals surface area contributed by atoms with Crippen molar-refractivity contribution in [1.29, 1.82) is 0 Å². The molecule has 0 atom stereocenters. The van der Waals surface area contributed by atoms with Crippen LogP contribution in [0.15, 0.2) is 227 Å². The molecule has 0 unspecified atom stereocenters. The van der Waals surface area contributed by atoms with Crippen LogP contribution < -0.4 is 73.1 Å². The standard InChI is InChI=1S/C28H30N4O3.C25H24N4O3.C21H22BrN3O3.C10H9BrN2O2.C9H11NO2.C7H10BNO2.ClH.Na.H2O/c1-5-35-26(33)16-21-10-6-7-12-25(21)32(4)28(34)22-14-23(20-11-8-9-19(13-20)17-29)27-24(15-22)30-18(2)31(27)3;1-15-27-22-12-19(25(32)28-21-9-4-3-7-18(21)13-23(30)31)11-20(24(22)29(15)2)17-8-5-6-16(10-17)14-26;1-5-28-19(26)12-14-8-6-7-9-18(14)25(4)21(27)15-10-16(22)20-17(11-15)23-13(2)24(20)3;1-5-12-8-4-6(10(14)15)3-7(11)9(8)13(5)2;1-2-12-9(11)7-4-3-5-8(10)6-7;9-5-6-2-1-3-7(4-6)8(10)11;;;/h6-15H,5,16-17,29H2,1-4H3;3-12H,13-14,26H2,1-2H3,(H,28,32)(H,30,31);6-11H,5,12H2,1-4H3;3-4H,1-2H3,(H,14,15);3-6H,2,10H2,1H3;1-4,10-11H,5,9H2;1H;;1H2/q;;;;;;;+1;/p-1. The molecule has 0 aliphatic rings. The molecule has 36 heteroatoms. The number of amides is 3. The SMILES string of the molecule is CCOC(=O)Cc1ccccc1N(C)C(=O)c1cc(-c2cccc(CN)c2)c2c(c1)nc(C)n2C.CCOC(=O)Cc1ccccc1N(C)C(=O)c1cc(Br)c2c(c1)nc(C)n2C.CCOC(=O)c1cccc(N)c1.Cc1nc2cc(C(=O)Nc3ccccc3CC(=O)O)cc(-c3cccc(CN)c3)c2n1C.Cc1nc2cc(C(=O)O)cc(Br)c2n1C.Cl.NCc1cccc(B(O)O)c1.[Na+].[OH-]. The van der Waals surface area contributed by atoms with Crippen LogP contribution in [0.5, 0.6) is 0 Å². The molecule has 15 rings (SSSR count). The van der Waals surface area contributed by atoms with Gasteiger partial charge >= 0.3 is 66.5 Å². The molecule has 0 fully saturated rings. The van der Waals surface area contributed by atoms with E-state index in [9.17, 15) is 38.4 Å². The Morgan fingerprint density at radius 2 is 0.809 bits per heavy atom. The Morgan fingerprint density at radius 1 is 0.434 bits per heavy atom. The second-order valence-corrected chi connectivity index (χ2v) is 32.4. The number of aromatic carboxylic acids is 1. The first-order valence-corrected chi connectivity index (χ1v) is 43.9. The molecule has 0 saturated carbocycles. The first-order valence-electron chi connectivity index (χ1n) is 42.4. The van der Waals surface area contributed by atoms with Crippen molar-refractivity contribution < 1.29 is 108 Å². The number of aliphatic carboxylic acids is 1. The number of carboxylic acid groups (broad SMARTS) is 2. The number of imidazole rings is 4. The third-order valence-corrected chi connectivity index (χ3v) is 22.9. The molecule has 0 aliphatic carbocycles. The topological polar surface area (TPSA) is 469 Å². The Morgan fingerprint density at radius 3 is 1.24 bits per heavy atom. The number of para-hydroxylation sites is 3. The van der Waals surface area contributed by atoms with E-state index in [-0.39, 0.29) is 108 Å². The minimum atomic E-state index is -1.40. The number of aromatic nitrogens is 8. The smallest absolute Gasteiger partial charge is 0.870 e. The molecular weight excluding hydrogens is 1900 g/mol. The van der Waals surface area contributed by atoms with E-state index >= 15 is 0 Å². The Balaban J connectivity index is 0.000000232. The number of nitrogens with one attached hydrogen (secondary N) is 1. The van der Waals surface area contributed by atoms with Crippen molar-refractivity contribution >= 4 is 171 Å². The van der Waals surface area contributed by atoms with Gasteiger partial charge in [-0.2, -0.15) is 0 Å². The van der Waals surface area contributed by atoms with Crippen LogP contribution in [0.3, 0.4) is 0 Å². The van der Waals surface area contributed by atoms with E-state index in [0.29, 0.717) is 107 Å². The molecule has 0 bridgehead atoms. The Labute approximate surface area is 832 Å². The molecule has 0 saturated heterocycles. The number of aryl methyl sites for hydroxylation is 8. The summed E-state index contributed by atoms with van der Waals surface area (Å²) in [6, 6.07) is 65.3. The van der Waals surface area contributed by atoms with Gasteiger partial charge in [-0.3, -0.25) is 28.8 Å². The maximum absolute atomic E-state index is 13.7. The van der Waals surface area contributed by atoms with Crippen LogP contribution >= 0.6 is 44.3 Å². The van der Waals surface area contributed by atoms with Crippen LogP contribution in [0.4, 0.5) is 22.7 Å². The fourth-order valence-electron chi connectivity index (χ4n) is 14.7. The monoisotopic (exact) mass is 2000 g/mol. The van der Waals surface area contributed by atoms with Gasteiger partial charge in [0.2, 0.25) is 0 Å². The van der Waals surface area contributed by atoms with E-state index in [2.05, 4.69) is 52.1 Å². The van der Waals surface area contributed by atoms with Crippen molar-refractivity contribution in [3.8, 4) is 22.3 Å². The molecule has 31 nitrogen and oxygen atoms in total. The van der Waals surface area contributed by atoms with E-state index in [1.165, 1.54) is 0 Å². The molecule has 136 heavy (non-hydrogen) atoms. The maximum atomic E-state index is 13.7. The summed E-state index contributed by atoms with van der Waals surface area (Å²) in [6.45, 7) is 15.3. The number of fused-ring (bicyclic) bond motifs is 4. The number of halogens is 3. The number of nitrogen functional groups attached to an aromatic ring is 1. The number of carboxylic acids is 2. The van der Waals surface area contributed by atoms with Gasteiger partial charge in [-0.05, 0) is 227 Å². The molecule has 3 amide bonds. The predicted molar refractivity (Wildman–Crippen MR) is 536 cm³/mol. The van der Waals surface area contributed by atoms with Gasteiger partial charge in [-0.25, -0.2) is 29.5 Å². The number of carbonyl (C=O) groups excluding carboxylic acids is 6. The number of hydrogen-bond donors (Lipinski definition) is 9. The number of nitrogens with two attached hydrogens (primary N) is 4. The third-order valence-electron chi connectivity index (χ3n) is 21.7. The molecule has 4 heterocycles. The van der Waals surface area contributed by atoms with Gasteiger partial charge in [0.1, 0.15) is 23.3 Å². The number of esters is 3. The largest absolute Gasteiger partial charge is 1.00 e. The third kappa shape index (κ3) is 27.6. The fourth-order valence-corrected chi connectivity index (χ4v) is 16.1. The van der Waals surface area contributed by atoms with Crippen LogP contribution in [0.1, 0.15) is 129 Å². The van der Waals surface area contributed by atoms with Crippen LogP contribution in [0, 0.1) is 27.7 Å². The summed E-state index contributed by atoms with van der Waals surface area (Å²) in [4.78, 5) is 118. The molecule has 15 aromatic rings. The Bertz CT molecular complexity index is 6840. The van der Waals surface area contributed by atoms with Gasteiger partial charge in [0.15, 0.2) is 0 Å². The second-order valence-electron chi connectivity index (χ2n) is 30.7. The number of anilines is 4. The van der Waals surface area contributed by atoms with Crippen molar-refractivity contribution in [2.24, 2.45) is 45.4 Å². The number of carbonyl (C=O) groups is 8. The van der Waals surface area contributed by atoms with Crippen molar-refractivity contribution in [3.05, 3.63) is 312 Å². The summed E-state index contributed by atoms with van der Waals surface area (Å²) < 4.78 is 24.4. The minimum absolute atomic E-state index is 0.